The number of hydrogen-bond acceptors (Lipinski definition) is 3. The van der Waals surface area contributed by atoms with E-state index < -0.39 is 0 Å². The topological polar surface area (TPSA) is 24.5 Å². The summed E-state index contributed by atoms with van der Waals surface area (Å²) in [5.41, 5.74) is 0. The summed E-state index contributed by atoms with van der Waals surface area (Å²) in [7, 11) is 0. The van der Waals surface area contributed by atoms with Gasteiger partial charge in [0, 0.05) is 19.7 Å². The van der Waals surface area contributed by atoms with Crippen LogP contribution in [0, 0.1) is 11.8 Å². The predicted molar refractivity (Wildman–Crippen MR) is 80.5 cm³/mol. The largest absolute Gasteiger partial charge is 0.378 e. The van der Waals surface area contributed by atoms with E-state index in [0.717, 1.165) is 18.4 Å². The zero-order valence-corrected chi connectivity index (χ0v) is 12.9. The molecule has 2 aliphatic rings. The fourth-order valence-corrected chi connectivity index (χ4v) is 3.52. The second-order valence-electron chi connectivity index (χ2n) is 6.37. The number of ether oxygens (including phenoxy) is 1. The van der Waals surface area contributed by atoms with E-state index in [4.69, 9.17) is 4.74 Å². The van der Waals surface area contributed by atoms with Gasteiger partial charge in [-0.1, -0.05) is 6.92 Å². The Hall–Kier alpha value is -0.120. The third-order valence-corrected chi connectivity index (χ3v) is 4.98. The van der Waals surface area contributed by atoms with Gasteiger partial charge in [-0.2, -0.15) is 0 Å². The summed E-state index contributed by atoms with van der Waals surface area (Å²) in [5, 5.41) is 3.54. The second kappa shape index (κ2) is 8.23. The summed E-state index contributed by atoms with van der Waals surface area (Å²) < 4.78 is 5.72. The molecular formula is C16H32N2O. The van der Waals surface area contributed by atoms with E-state index >= 15 is 0 Å². The Bertz CT molecular complexity index is 233. The molecule has 0 aromatic heterocycles. The zero-order chi connectivity index (χ0) is 13.5. The minimum absolute atomic E-state index is 0.529. The fraction of sp³-hybridized carbons (Fsp3) is 1.00. The van der Waals surface area contributed by atoms with Crippen LogP contribution in [0.3, 0.4) is 0 Å². The highest BCUT2D eigenvalue weighted by molar-refractivity contribution is 4.77. The van der Waals surface area contributed by atoms with Crippen LogP contribution in [-0.4, -0.2) is 50.3 Å². The third kappa shape index (κ3) is 5.05. The van der Waals surface area contributed by atoms with Gasteiger partial charge in [-0.3, -0.25) is 0 Å². The standard InChI is InChI=1S/C16H32N2O/c1-3-19-16-7-11-18(12-8-16)10-6-14(2)15-5-4-9-17-13-15/h14-17H,3-13H2,1-2H3. The fourth-order valence-electron chi connectivity index (χ4n) is 3.52. The first-order valence-electron chi connectivity index (χ1n) is 8.34. The highest BCUT2D eigenvalue weighted by atomic mass is 16.5. The van der Waals surface area contributed by atoms with Crippen LogP contribution < -0.4 is 5.32 Å². The molecule has 2 heterocycles. The Morgan fingerprint density at radius 1 is 1.26 bits per heavy atom. The van der Waals surface area contributed by atoms with Gasteiger partial charge in [-0.25, -0.2) is 0 Å². The van der Waals surface area contributed by atoms with Gasteiger partial charge in [0.05, 0.1) is 6.10 Å². The van der Waals surface area contributed by atoms with Gasteiger partial charge < -0.3 is 15.0 Å². The molecule has 2 unspecified atom stereocenters. The smallest absolute Gasteiger partial charge is 0.0599 e. The second-order valence-corrected chi connectivity index (χ2v) is 6.37. The van der Waals surface area contributed by atoms with Crippen molar-refractivity contribution in [3.05, 3.63) is 0 Å². The maximum absolute atomic E-state index is 5.72. The number of rotatable bonds is 6. The molecule has 0 aromatic carbocycles. The van der Waals surface area contributed by atoms with Crippen molar-refractivity contribution in [2.75, 3.05) is 39.3 Å². The third-order valence-electron chi connectivity index (χ3n) is 4.98. The Labute approximate surface area is 119 Å². The summed E-state index contributed by atoms with van der Waals surface area (Å²) in [6, 6.07) is 0. The maximum Gasteiger partial charge on any atom is 0.0599 e. The van der Waals surface area contributed by atoms with Crippen LogP contribution in [0.4, 0.5) is 0 Å². The molecule has 0 radical (unpaired) electrons. The highest BCUT2D eigenvalue weighted by Crippen LogP contribution is 2.23. The van der Waals surface area contributed by atoms with Gasteiger partial charge in [-0.15, -0.1) is 0 Å². The first-order valence-corrected chi connectivity index (χ1v) is 8.34. The predicted octanol–water partition coefficient (Wildman–Crippen LogP) is 2.51. The molecule has 0 bridgehead atoms. The van der Waals surface area contributed by atoms with Gasteiger partial charge in [0.25, 0.3) is 0 Å². The van der Waals surface area contributed by atoms with E-state index in [1.165, 1.54) is 64.8 Å². The number of nitrogens with zero attached hydrogens (tertiary/aromatic N) is 1. The highest BCUT2D eigenvalue weighted by Gasteiger charge is 2.22. The number of hydrogen-bond donors (Lipinski definition) is 1. The van der Waals surface area contributed by atoms with Crippen molar-refractivity contribution < 1.29 is 4.74 Å². The molecule has 2 saturated heterocycles. The Kier molecular flexibility index (Phi) is 6.62. The average Bonchev–Trinajstić information content (AvgIpc) is 2.47. The van der Waals surface area contributed by atoms with E-state index in [1.807, 2.05) is 0 Å². The number of piperidine rings is 2. The lowest BCUT2D eigenvalue weighted by Gasteiger charge is -2.34. The molecule has 0 amide bonds. The van der Waals surface area contributed by atoms with Crippen molar-refractivity contribution in [1.82, 2.24) is 10.2 Å². The van der Waals surface area contributed by atoms with Crippen molar-refractivity contribution in [1.29, 1.82) is 0 Å². The number of likely N-dealkylation sites (tertiary alicyclic amines) is 1. The molecule has 112 valence electrons. The van der Waals surface area contributed by atoms with E-state index in [2.05, 4.69) is 24.1 Å². The van der Waals surface area contributed by atoms with Gasteiger partial charge in [-0.05, 0) is 70.5 Å². The minimum Gasteiger partial charge on any atom is -0.378 e. The van der Waals surface area contributed by atoms with Crippen molar-refractivity contribution in [3.8, 4) is 0 Å². The monoisotopic (exact) mass is 268 g/mol. The zero-order valence-electron chi connectivity index (χ0n) is 12.9. The summed E-state index contributed by atoms with van der Waals surface area (Å²) in [4.78, 5) is 2.64. The van der Waals surface area contributed by atoms with Gasteiger partial charge >= 0.3 is 0 Å². The normalized spacial score (nSPS) is 28.4. The molecule has 2 rings (SSSR count). The molecule has 0 spiro atoms. The molecule has 1 N–H and O–H groups in total. The first-order chi connectivity index (χ1) is 9.29. The minimum atomic E-state index is 0.529. The van der Waals surface area contributed by atoms with E-state index in [0.29, 0.717) is 6.10 Å². The lowest BCUT2D eigenvalue weighted by Crippen LogP contribution is -2.39. The van der Waals surface area contributed by atoms with Crippen molar-refractivity contribution in [2.24, 2.45) is 11.8 Å². The molecule has 0 saturated carbocycles. The van der Waals surface area contributed by atoms with E-state index in [-0.39, 0.29) is 0 Å². The Balaban J connectivity index is 1.60. The first kappa shape index (κ1) is 15.3. The van der Waals surface area contributed by atoms with Crippen LogP contribution in [0.5, 0.6) is 0 Å². The molecule has 2 aliphatic heterocycles. The number of nitrogens with one attached hydrogen (secondary N) is 1. The average molecular weight is 268 g/mol. The molecule has 19 heavy (non-hydrogen) atoms. The lowest BCUT2D eigenvalue weighted by molar-refractivity contribution is 0.0128. The summed E-state index contributed by atoms with van der Waals surface area (Å²) >= 11 is 0. The maximum atomic E-state index is 5.72. The van der Waals surface area contributed by atoms with Gasteiger partial charge in [0.15, 0.2) is 0 Å². The lowest BCUT2D eigenvalue weighted by atomic mass is 9.85. The Morgan fingerprint density at radius 3 is 2.68 bits per heavy atom. The summed E-state index contributed by atoms with van der Waals surface area (Å²) in [5.74, 6) is 1.78. The van der Waals surface area contributed by atoms with Crippen molar-refractivity contribution >= 4 is 0 Å². The van der Waals surface area contributed by atoms with Crippen molar-refractivity contribution in [3.63, 3.8) is 0 Å². The summed E-state index contributed by atoms with van der Waals surface area (Å²) in [6.07, 6.45) is 7.16. The van der Waals surface area contributed by atoms with Crippen LogP contribution in [0.25, 0.3) is 0 Å². The van der Waals surface area contributed by atoms with Crippen LogP contribution >= 0.6 is 0 Å². The van der Waals surface area contributed by atoms with Crippen LogP contribution in [0.2, 0.25) is 0 Å². The van der Waals surface area contributed by atoms with Crippen LogP contribution in [-0.2, 0) is 4.74 Å². The molecule has 0 aromatic rings. The van der Waals surface area contributed by atoms with Crippen LogP contribution in [0.1, 0.15) is 46.0 Å². The van der Waals surface area contributed by atoms with E-state index in [1.54, 1.807) is 0 Å². The molecule has 2 atom stereocenters. The SMILES string of the molecule is CCOC1CCN(CCC(C)C2CCCNC2)CC1. The molecule has 0 aliphatic carbocycles. The molecule has 2 fully saturated rings. The van der Waals surface area contributed by atoms with Crippen molar-refractivity contribution in [2.45, 2.75) is 52.1 Å². The summed E-state index contributed by atoms with van der Waals surface area (Å²) in [6.45, 7) is 11.7. The van der Waals surface area contributed by atoms with Gasteiger partial charge in [0.2, 0.25) is 0 Å². The molecule has 3 heteroatoms. The molecular weight excluding hydrogens is 236 g/mol. The Morgan fingerprint density at radius 2 is 2.05 bits per heavy atom. The molecule has 3 nitrogen and oxygen atoms in total. The van der Waals surface area contributed by atoms with E-state index in [9.17, 15) is 0 Å². The van der Waals surface area contributed by atoms with Crippen LogP contribution in [0.15, 0.2) is 0 Å². The quantitative estimate of drug-likeness (QED) is 0.801. The van der Waals surface area contributed by atoms with Gasteiger partial charge in [0.1, 0.15) is 0 Å².